The topological polar surface area (TPSA) is 92.5 Å². The molecule has 1 amide bonds. The molecule has 108 valence electrons. The number of rotatable bonds is 3. The maximum atomic E-state index is 13.6. The summed E-state index contributed by atoms with van der Waals surface area (Å²) < 4.78 is 14.1. The van der Waals surface area contributed by atoms with Gasteiger partial charge in [-0.1, -0.05) is 15.9 Å². The Morgan fingerprint density at radius 1 is 1.29 bits per heavy atom. The van der Waals surface area contributed by atoms with Crippen molar-refractivity contribution in [3.8, 4) is 5.75 Å². The number of benzene rings is 2. The lowest BCUT2D eigenvalue weighted by molar-refractivity contribution is -0.384. The molecule has 0 fully saturated rings. The predicted octanol–water partition coefficient (Wildman–Crippen LogP) is 3.45. The molecule has 2 aromatic carbocycles. The fourth-order valence-corrected chi connectivity index (χ4v) is 1.96. The Bertz CT molecular complexity index is 736. The average molecular weight is 355 g/mol. The molecule has 0 bridgehead atoms. The van der Waals surface area contributed by atoms with Crippen LogP contribution in [0.1, 0.15) is 10.4 Å². The maximum Gasteiger partial charge on any atom is 0.273 e. The second-order valence-electron chi connectivity index (χ2n) is 4.04. The van der Waals surface area contributed by atoms with E-state index in [4.69, 9.17) is 0 Å². The Balaban J connectivity index is 2.27. The number of hydrogen-bond donors (Lipinski definition) is 2. The molecule has 2 aromatic rings. The van der Waals surface area contributed by atoms with Gasteiger partial charge < -0.3 is 10.4 Å². The molecule has 2 N–H and O–H groups in total. The van der Waals surface area contributed by atoms with Crippen molar-refractivity contribution in [1.29, 1.82) is 0 Å². The number of non-ortho nitro benzene ring substituents is 1. The molecule has 0 aliphatic carbocycles. The van der Waals surface area contributed by atoms with Crippen LogP contribution in [0.4, 0.5) is 15.8 Å². The second-order valence-corrected chi connectivity index (χ2v) is 4.95. The first-order valence-electron chi connectivity index (χ1n) is 5.62. The van der Waals surface area contributed by atoms with E-state index in [0.29, 0.717) is 4.47 Å². The summed E-state index contributed by atoms with van der Waals surface area (Å²) in [5.41, 5.74) is -0.591. The number of carbonyl (C=O) groups excluding carboxylic acids is 1. The summed E-state index contributed by atoms with van der Waals surface area (Å²) in [6.45, 7) is 0. The number of anilines is 1. The van der Waals surface area contributed by atoms with Crippen LogP contribution in [0.25, 0.3) is 0 Å². The molecule has 0 radical (unpaired) electrons. The molecule has 0 spiro atoms. The van der Waals surface area contributed by atoms with Gasteiger partial charge >= 0.3 is 0 Å². The lowest BCUT2D eigenvalue weighted by Crippen LogP contribution is -2.14. The van der Waals surface area contributed by atoms with Gasteiger partial charge in [0.1, 0.15) is 11.6 Å². The summed E-state index contributed by atoms with van der Waals surface area (Å²) in [7, 11) is 0. The van der Waals surface area contributed by atoms with Crippen LogP contribution in [0.15, 0.2) is 40.9 Å². The van der Waals surface area contributed by atoms with Gasteiger partial charge in [-0.3, -0.25) is 14.9 Å². The average Bonchev–Trinajstić information content (AvgIpc) is 2.43. The van der Waals surface area contributed by atoms with Gasteiger partial charge in [0, 0.05) is 10.5 Å². The van der Waals surface area contributed by atoms with Crippen molar-refractivity contribution in [2.45, 2.75) is 0 Å². The molecule has 0 unspecified atom stereocenters. The van der Waals surface area contributed by atoms with Crippen molar-refractivity contribution in [1.82, 2.24) is 0 Å². The number of aromatic hydroxyl groups is 1. The Morgan fingerprint density at radius 3 is 2.62 bits per heavy atom. The fourth-order valence-electron chi connectivity index (χ4n) is 1.60. The Kier molecular flexibility index (Phi) is 4.18. The van der Waals surface area contributed by atoms with E-state index >= 15 is 0 Å². The highest BCUT2D eigenvalue weighted by Crippen LogP contribution is 2.28. The molecule has 0 atom stereocenters. The highest BCUT2D eigenvalue weighted by molar-refractivity contribution is 9.10. The first-order valence-corrected chi connectivity index (χ1v) is 6.41. The summed E-state index contributed by atoms with van der Waals surface area (Å²) in [4.78, 5) is 21.8. The minimum atomic E-state index is -0.780. The number of amides is 1. The molecule has 21 heavy (non-hydrogen) atoms. The second kappa shape index (κ2) is 5.88. The van der Waals surface area contributed by atoms with Gasteiger partial charge in [0.25, 0.3) is 11.6 Å². The van der Waals surface area contributed by atoms with Crippen LogP contribution < -0.4 is 5.32 Å². The minimum absolute atomic E-state index is 0.0509. The van der Waals surface area contributed by atoms with E-state index in [1.165, 1.54) is 18.2 Å². The summed E-state index contributed by atoms with van der Waals surface area (Å²) in [5.74, 6) is -1.98. The number of halogens is 2. The number of carbonyl (C=O) groups is 1. The molecule has 2 rings (SSSR count). The number of phenols is 1. The van der Waals surface area contributed by atoms with E-state index in [2.05, 4.69) is 21.2 Å². The van der Waals surface area contributed by atoms with Crippen molar-refractivity contribution in [2.24, 2.45) is 0 Å². The molecular formula is C13H8BrFN2O4. The van der Waals surface area contributed by atoms with Gasteiger partial charge in [0.15, 0.2) is 0 Å². The molecule has 0 aliphatic heterocycles. The fraction of sp³-hybridized carbons (Fsp3) is 0. The Hall–Kier alpha value is -2.48. The molecular weight excluding hydrogens is 347 g/mol. The molecule has 0 aliphatic rings. The zero-order chi connectivity index (χ0) is 15.6. The number of nitro benzene ring substituents is 1. The number of phenolic OH excluding ortho intramolecular Hbond substituents is 1. The third-order valence-corrected chi connectivity index (χ3v) is 3.11. The monoisotopic (exact) mass is 354 g/mol. The summed E-state index contributed by atoms with van der Waals surface area (Å²) in [6, 6.07) is 7.03. The molecule has 0 saturated carbocycles. The third-order valence-electron chi connectivity index (χ3n) is 2.61. The Labute approximate surface area is 126 Å². The van der Waals surface area contributed by atoms with Crippen molar-refractivity contribution >= 4 is 33.2 Å². The molecule has 0 aromatic heterocycles. The normalized spacial score (nSPS) is 10.2. The van der Waals surface area contributed by atoms with Gasteiger partial charge in [0.05, 0.1) is 22.2 Å². The highest BCUT2D eigenvalue weighted by Gasteiger charge is 2.16. The predicted molar refractivity (Wildman–Crippen MR) is 76.8 cm³/mol. The van der Waals surface area contributed by atoms with E-state index in [1.54, 1.807) is 0 Å². The minimum Gasteiger partial charge on any atom is -0.506 e. The van der Waals surface area contributed by atoms with E-state index in [1.807, 2.05) is 0 Å². The molecule has 0 saturated heterocycles. The zero-order valence-corrected chi connectivity index (χ0v) is 11.9. The Morgan fingerprint density at radius 2 is 2.00 bits per heavy atom. The van der Waals surface area contributed by atoms with Gasteiger partial charge in [-0.2, -0.15) is 0 Å². The number of nitrogens with one attached hydrogen (secondary N) is 1. The van der Waals surface area contributed by atoms with E-state index < -0.39 is 22.4 Å². The first-order chi connectivity index (χ1) is 9.88. The lowest BCUT2D eigenvalue weighted by Gasteiger charge is -2.08. The zero-order valence-electron chi connectivity index (χ0n) is 10.3. The summed E-state index contributed by atoms with van der Waals surface area (Å²) >= 11 is 3.12. The van der Waals surface area contributed by atoms with Gasteiger partial charge in [-0.15, -0.1) is 0 Å². The van der Waals surface area contributed by atoms with Gasteiger partial charge in [-0.25, -0.2) is 4.39 Å². The van der Waals surface area contributed by atoms with E-state index in [0.717, 1.165) is 18.2 Å². The van der Waals surface area contributed by atoms with Crippen LogP contribution >= 0.6 is 15.9 Å². The number of hydrogen-bond acceptors (Lipinski definition) is 4. The van der Waals surface area contributed by atoms with Crippen LogP contribution in [-0.4, -0.2) is 15.9 Å². The smallest absolute Gasteiger partial charge is 0.273 e. The largest absolute Gasteiger partial charge is 0.506 e. The maximum absolute atomic E-state index is 13.6. The summed E-state index contributed by atoms with van der Waals surface area (Å²) in [5, 5.41) is 22.5. The van der Waals surface area contributed by atoms with Crippen molar-refractivity contribution in [2.75, 3.05) is 5.32 Å². The lowest BCUT2D eigenvalue weighted by atomic mass is 10.2. The molecule has 0 heterocycles. The van der Waals surface area contributed by atoms with Crippen LogP contribution in [0, 0.1) is 15.9 Å². The first kappa shape index (κ1) is 14.9. The number of nitrogens with zero attached hydrogens (tertiary/aromatic N) is 1. The van der Waals surface area contributed by atoms with E-state index in [-0.39, 0.29) is 16.9 Å². The van der Waals surface area contributed by atoms with Crippen LogP contribution in [-0.2, 0) is 0 Å². The van der Waals surface area contributed by atoms with Gasteiger partial charge in [-0.05, 0) is 24.3 Å². The highest BCUT2D eigenvalue weighted by atomic mass is 79.9. The third kappa shape index (κ3) is 3.34. The van der Waals surface area contributed by atoms with Crippen molar-refractivity contribution in [3.63, 3.8) is 0 Å². The van der Waals surface area contributed by atoms with Crippen molar-refractivity contribution in [3.05, 3.63) is 62.4 Å². The number of nitro groups is 1. The van der Waals surface area contributed by atoms with Crippen LogP contribution in [0.5, 0.6) is 5.75 Å². The van der Waals surface area contributed by atoms with E-state index in [9.17, 15) is 24.4 Å². The van der Waals surface area contributed by atoms with Crippen LogP contribution in [0.2, 0.25) is 0 Å². The van der Waals surface area contributed by atoms with Gasteiger partial charge in [0.2, 0.25) is 0 Å². The summed E-state index contributed by atoms with van der Waals surface area (Å²) in [6.07, 6.45) is 0. The SMILES string of the molecule is O=C(Nc1ccc([N+](=O)[O-])cc1O)c1cc(Br)ccc1F. The molecule has 8 heteroatoms. The quantitative estimate of drug-likeness (QED) is 0.501. The molecule has 6 nitrogen and oxygen atoms in total. The van der Waals surface area contributed by atoms with Crippen LogP contribution in [0.3, 0.4) is 0 Å². The standard InChI is InChI=1S/C13H8BrFN2O4/c14-7-1-3-10(15)9(5-7)13(19)16-11-4-2-8(17(20)21)6-12(11)18/h1-6,18H,(H,16,19). The van der Waals surface area contributed by atoms with Crippen molar-refractivity contribution < 1.29 is 19.2 Å².